The lowest BCUT2D eigenvalue weighted by atomic mass is 10.1. The first-order valence-electron chi connectivity index (χ1n) is 5.93. The molecule has 1 radical (unpaired) electrons. The van der Waals surface area contributed by atoms with Crippen molar-refractivity contribution in [3.8, 4) is 5.75 Å². The van der Waals surface area contributed by atoms with Crippen LogP contribution in [0.15, 0.2) is 76.3 Å². The summed E-state index contributed by atoms with van der Waals surface area (Å²) in [5.74, 6) is 0.130. The van der Waals surface area contributed by atoms with Crippen molar-refractivity contribution < 1.29 is 5.11 Å². The molecule has 2 aromatic rings. The van der Waals surface area contributed by atoms with Gasteiger partial charge in [-0.15, -0.1) is 10.8 Å². The van der Waals surface area contributed by atoms with E-state index < -0.39 is 0 Å². The van der Waals surface area contributed by atoms with E-state index in [-0.39, 0.29) is 5.75 Å². The van der Waals surface area contributed by atoms with Gasteiger partial charge in [0.05, 0.1) is 5.70 Å². The van der Waals surface area contributed by atoms with Crippen molar-refractivity contribution in [1.29, 1.82) is 0 Å². The summed E-state index contributed by atoms with van der Waals surface area (Å²) in [5.41, 5.74) is 4.14. The van der Waals surface area contributed by atoms with Gasteiger partial charge in [-0.1, -0.05) is 30.3 Å². The second-order valence-corrected chi connectivity index (χ2v) is 4.11. The summed E-state index contributed by atoms with van der Waals surface area (Å²) in [4.78, 5) is 0. The molecule has 0 fully saturated rings. The van der Waals surface area contributed by atoms with Gasteiger partial charge in [-0.2, -0.15) is 5.11 Å². The van der Waals surface area contributed by atoms with Gasteiger partial charge in [0, 0.05) is 11.8 Å². The molecule has 3 nitrogen and oxygen atoms in total. The fraction of sp³-hybridized carbons (Fsp3) is 0. The summed E-state index contributed by atoms with van der Waals surface area (Å²) >= 11 is 0. The van der Waals surface area contributed by atoms with Gasteiger partial charge in [0.25, 0.3) is 0 Å². The molecule has 1 aliphatic rings. The van der Waals surface area contributed by atoms with E-state index in [2.05, 4.69) is 16.0 Å². The number of rotatable bonds is 2. The lowest BCUT2D eigenvalue weighted by molar-refractivity contribution is 0.477. The van der Waals surface area contributed by atoms with Crippen LogP contribution in [0.3, 0.4) is 0 Å². The predicted molar refractivity (Wildman–Crippen MR) is 75.2 cm³/mol. The molecule has 1 N–H and O–H groups in total. The van der Waals surface area contributed by atoms with E-state index in [1.54, 1.807) is 18.2 Å². The Bertz CT molecular complexity index is 750. The van der Waals surface area contributed by atoms with E-state index in [9.17, 15) is 5.11 Å². The maximum absolute atomic E-state index is 9.93. The average molecular weight is 247 g/mol. The third-order valence-electron chi connectivity index (χ3n) is 2.85. The number of aromatic hydroxyl groups is 1. The highest BCUT2D eigenvalue weighted by atomic mass is 16.3. The van der Waals surface area contributed by atoms with E-state index in [0.29, 0.717) is 5.69 Å². The first-order chi connectivity index (χ1) is 9.34. The Hall–Kier alpha value is -2.64. The quantitative estimate of drug-likeness (QED) is 0.618. The summed E-state index contributed by atoms with van der Waals surface area (Å²) in [5, 5.41) is 20.1. The number of phenols is 1. The maximum atomic E-state index is 9.93. The molecule has 19 heavy (non-hydrogen) atoms. The second kappa shape index (κ2) is 4.92. The highest BCUT2D eigenvalue weighted by Gasteiger charge is 2.06. The van der Waals surface area contributed by atoms with Crippen molar-refractivity contribution in [3.05, 3.63) is 72.5 Å². The minimum atomic E-state index is 0.130. The summed E-state index contributed by atoms with van der Waals surface area (Å²) in [7, 11) is 0. The summed E-state index contributed by atoms with van der Waals surface area (Å²) in [6.07, 6.45) is 7.17. The van der Waals surface area contributed by atoms with Gasteiger partial charge in [-0.3, -0.25) is 0 Å². The first kappa shape index (κ1) is 11.5. The van der Waals surface area contributed by atoms with E-state index in [1.165, 1.54) is 0 Å². The lowest BCUT2D eigenvalue weighted by Gasteiger charge is -2.04. The molecular formula is C16H11N2O. The van der Waals surface area contributed by atoms with Crippen LogP contribution in [-0.4, -0.2) is 5.11 Å². The maximum Gasteiger partial charge on any atom is 0.143 e. The van der Waals surface area contributed by atoms with Crippen LogP contribution in [0.2, 0.25) is 0 Å². The third-order valence-corrected chi connectivity index (χ3v) is 2.85. The molecule has 3 rings (SSSR count). The van der Waals surface area contributed by atoms with Gasteiger partial charge in [-0.25, -0.2) is 0 Å². The van der Waals surface area contributed by atoms with E-state index in [1.807, 2.05) is 42.8 Å². The van der Waals surface area contributed by atoms with Crippen molar-refractivity contribution >= 4 is 16.5 Å². The number of hydrogen-bond acceptors (Lipinski definition) is 3. The average Bonchev–Trinajstić information content (AvgIpc) is 2.47. The SMILES string of the molecule is Oc1ccc2ccccc2c1N=NC1=CC=C=C[CH]1. The molecule has 91 valence electrons. The van der Waals surface area contributed by atoms with Crippen LogP contribution in [0.4, 0.5) is 5.69 Å². The normalized spacial score (nSPS) is 14.2. The molecule has 0 saturated heterocycles. The van der Waals surface area contributed by atoms with E-state index in [0.717, 1.165) is 16.5 Å². The molecule has 0 unspecified atom stereocenters. The molecule has 0 saturated carbocycles. The molecule has 2 aromatic carbocycles. The second-order valence-electron chi connectivity index (χ2n) is 4.11. The zero-order valence-corrected chi connectivity index (χ0v) is 10.1. The fourth-order valence-corrected chi connectivity index (χ4v) is 1.90. The predicted octanol–water partition coefficient (Wildman–Crippen LogP) is 4.44. The minimum Gasteiger partial charge on any atom is -0.506 e. The zero-order chi connectivity index (χ0) is 13.1. The monoisotopic (exact) mass is 247 g/mol. The fourth-order valence-electron chi connectivity index (χ4n) is 1.90. The van der Waals surface area contributed by atoms with Crippen LogP contribution in [0.1, 0.15) is 0 Å². The Labute approximate surface area is 110 Å². The number of azo groups is 1. The Morgan fingerprint density at radius 2 is 1.84 bits per heavy atom. The Balaban J connectivity index is 2.05. The summed E-state index contributed by atoms with van der Waals surface area (Å²) in [6.45, 7) is 0. The van der Waals surface area contributed by atoms with Gasteiger partial charge in [-0.05, 0) is 29.7 Å². The number of allylic oxidation sites excluding steroid dienone is 2. The zero-order valence-electron chi connectivity index (χ0n) is 10.1. The highest BCUT2D eigenvalue weighted by Crippen LogP contribution is 2.35. The molecule has 0 heterocycles. The third kappa shape index (κ3) is 2.32. The van der Waals surface area contributed by atoms with Crippen LogP contribution in [0, 0.1) is 6.42 Å². The largest absolute Gasteiger partial charge is 0.506 e. The van der Waals surface area contributed by atoms with Crippen LogP contribution in [-0.2, 0) is 0 Å². The van der Waals surface area contributed by atoms with Crippen LogP contribution < -0.4 is 0 Å². The Morgan fingerprint density at radius 3 is 2.68 bits per heavy atom. The Morgan fingerprint density at radius 1 is 0.947 bits per heavy atom. The molecule has 0 amide bonds. The van der Waals surface area contributed by atoms with Crippen molar-refractivity contribution in [1.82, 2.24) is 0 Å². The number of hydrogen-bond donors (Lipinski definition) is 1. The summed E-state index contributed by atoms with van der Waals surface area (Å²) in [6, 6.07) is 11.3. The van der Waals surface area contributed by atoms with E-state index in [4.69, 9.17) is 0 Å². The van der Waals surface area contributed by atoms with Crippen LogP contribution >= 0.6 is 0 Å². The first-order valence-corrected chi connectivity index (χ1v) is 5.93. The van der Waals surface area contributed by atoms with Crippen molar-refractivity contribution in [2.24, 2.45) is 10.2 Å². The topological polar surface area (TPSA) is 45.0 Å². The van der Waals surface area contributed by atoms with Gasteiger partial charge in [0.15, 0.2) is 0 Å². The standard InChI is InChI=1S/C16H11N2O/c19-15-11-10-12-6-4-5-9-14(12)16(15)18-17-13-7-2-1-3-8-13/h2-11,19H. The van der Waals surface area contributed by atoms with Gasteiger partial charge < -0.3 is 5.11 Å². The Kier molecular flexibility index (Phi) is 2.97. The molecule has 0 aliphatic heterocycles. The number of benzene rings is 2. The van der Waals surface area contributed by atoms with Gasteiger partial charge in [0.2, 0.25) is 0 Å². The number of phenolic OH excluding ortho intramolecular Hbond substituents is 1. The van der Waals surface area contributed by atoms with Crippen LogP contribution in [0.5, 0.6) is 5.75 Å². The highest BCUT2D eigenvalue weighted by molar-refractivity contribution is 5.95. The molecule has 0 spiro atoms. The molecule has 0 bridgehead atoms. The van der Waals surface area contributed by atoms with Crippen molar-refractivity contribution in [2.45, 2.75) is 0 Å². The van der Waals surface area contributed by atoms with Gasteiger partial charge in [0.1, 0.15) is 11.4 Å². The smallest absolute Gasteiger partial charge is 0.143 e. The van der Waals surface area contributed by atoms with Crippen LogP contribution in [0.25, 0.3) is 10.8 Å². The van der Waals surface area contributed by atoms with Crippen molar-refractivity contribution in [2.75, 3.05) is 0 Å². The molecular weight excluding hydrogens is 236 g/mol. The van der Waals surface area contributed by atoms with E-state index >= 15 is 0 Å². The molecule has 0 aromatic heterocycles. The lowest BCUT2D eigenvalue weighted by Crippen LogP contribution is -1.79. The summed E-state index contributed by atoms with van der Waals surface area (Å²) < 4.78 is 0. The molecule has 1 aliphatic carbocycles. The number of fused-ring (bicyclic) bond motifs is 1. The molecule has 3 heteroatoms. The van der Waals surface area contributed by atoms with Crippen molar-refractivity contribution in [3.63, 3.8) is 0 Å². The molecule has 0 atom stereocenters. The number of nitrogens with zero attached hydrogens (tertiary/aromatic N) is 2. The van der Waals surface area contributed by atoms with Gasteiger partial charge >= 0.3 is 0 Å². The minimum absolute atomic E-state index is 0.130.